The number of ketones is 1. The van der Waals surface area contributed by atoms with Gasteiger partial charge >= 0.3 is 0 Å². The Labute approximate surface area is 109 Å². The molecule has 2 aromatic rings. The Kier molecular flexibility index (Phi) is 3.22. The summed E-state index contributed by atoms with van der Waals surface area (Å²) in [4.78, 5) is 11.6. The molecular formula is C13H12ClFN2O. The summed E-state index contributed by atoms with van der Waals surface area (Å²) in [5.74, 6) is -0.618. The van der Waals surface area contributed by atoms with Crippen molar-refractivity contribution in [2.24, 2.45) is 0 Å². The highest BCUT2D eigenvalue weighted by Crippen LogP contribution is 2.22. The lowest BCUT2D eigenvalue weighted by atomic mass is 10.1. The van der Waals surface area contributed by atoms with Gasteiger partial charge < -0.3 is 0 Å². The number of halogens is 2. The summed E-state index contributed by atoms with van der Waals surface area (Å²) in [5, 5.41) is 4.71. The highest BCUT2D eigenvalue weighted by Gasteiger charge is 2.14. The fraction of sp³-hybridized carbons (Fsp3) is 0.231. The van der Waals surface area contributed by atoms with E-state index in [-0.39, 0.29) is 11.3 Å². The lowest BCUT2D eigenvalue weighted by Crippen LogP contribution is -2.06. The van der Waals surface area contributed by atoms with Gasteiger partial charge in [0.05, 0.1) is 16.4 Å². The van der Waals surface area contributed by atoms with E-state index in [1.807, 2.05) is 0 Å². The first-order valence-electron chi connectivity index (χ1n) is 5.43. The molecule has 0 aliphatic carbocycles. The predicted molar refractivity (Wildman–Crippen MR) is 68.0 cm³/mol. The molecule has 0 aliphatic heterocycles. The van der Waals surface area contributed by atoms with E-state index in [0.29, 0.717) is 22.0 Å². The number of carbonyl (C=O) groups is 1. The van der Waals surface area contributed by atoms with E-state index in [0.717, 1.165) is 0 Å². The third-order valence-electron chi connectivity index (χ3n) is 2.74. The van der Waals surface area contributed by atoms with Crippen molar-refractivity contribution in [3.05, 3.63) is 46.0 Å². The Hall–Kier alpha value is -1.68. The van der Waals surface area contributed by atoms with Crippen LogP contribution >= 0.6 is 11.6 Å². The van der Waals surface area contributed by atoms with Crippen molar-refractivity contribution in [2.75, 3.05) is 0 Å². The molecule has 0 saturated heterocycles. The number of hydrogen-bond donors (Lipinski definition) is 0. The topological polar surface area (TPSA) is 34.9 Å². The van der Waals surface area contributed by atoms with Gasteiger partial charge in [-0.25, -0.2) is 9.07 Å². The minimum atomic E-state index is -0.404. The number of Topliss-reactive ketones (excluding diaryl/α,β-unsaturated/α-hetero) is 1. The molecule has 1 heterocycles. The highest BCUT2D eigenvalue weighted by molar-refractivity contribution is 6.31. The number of nitrogens with zero attached hydrogens (tertiary/aromatic N) is 2. The minimum Gasteiger partial charge on any atom is -0.294 e. The van der Waals surface area contributed by atoms with Crippen LogP contribution in [-0.4, -0.2) is 15.6 Å². The molecule has 0 unspecified atom stereocenters. The molecule has 0 bridgehead atoms. The molecule has 0 amide bonds. The Morgan fingerprint density at radius 3 is 2.56 bits per heavy atom. The molecule has 3 nitrogen and oxygen atoms in total. The largest absolute Gasteiger partial charge is 0.294 e. The zero-order valence-electron chi connectivity index (χ0n) is 10.3. The Morgan fingerprint density at radius 2 is 2.06 bits per heavy atom. The summed E-state index contributed by atoms with van der Waals surface area (Å²) in [5.41, 5.74) is 1.95. The third-order valence-corrected chi connectivity index (χ3v) is 3.11. The zero-order valence-corrected chi connectivity index (χ0v) is 11.0. The standard InChI is InChI=1S/C13H12ClFN2O/c1-7-4-13(10(9(3)18)5-12(7)15)17-6-11(14)8(2)16-17/h4-6H,1-3H3. The molecule has 94 valence electrons. The lowest BCUT2D eigenvalue weighted by molar-refractivity contribution is 0.101. The number of aromatic nitrogens is 2. The fourth-order valence-corrected chi connectivity index (χ4v) is 1.83. The first-order valence-corrected chi connectivity index (χ1v) is 5.81. The van der Waals surface area contributed by atoms with Gasteiger partial charge in [-0.15, -0.1) is 0 Å². The van der Waals surface area contributed by atoms with Crippen LogP contribution in [0.15, 0.2) is 18.3 Å². The SMILES string of the molecule is CC(=O)c1cc(F)c(C)cc1-n1cc(Cl)c(C)n1. The molecule has 0 atom stereocenters. The summed E-state index contributed by atoms with van der Waals surface area (Å²) < 4.78 is 15.0. The monoisotopic (exact) mass is 266 g/mol. The van der Waals surface area contributed by atoms with Crippen molar-refractivity contribution in [1.82, 2.24) is 9.78 Å². The third kappa shape index (κ3) is 2.16. The minimum absolute atomic E-state index is 0.215. The second kappa shape index (κ2) is 4.53. The number of carbonyl (C=O) groups excluding carboxylic acids is 1. The van der Waals surface area contributed by atoms with E-state index < -0.39 is 5.82 Å². The number of benzene rings is 1. The summed E-state index contributed by atoms with van der Waals surface area (Å²) in [6, 6.07) is 2.83. The van der Waals surface area contributed by atoms with Crippen LogP contribution in [0.1, 0.15) is 28.5 Å². The molecule has 18 heavy (non-hydrogen) atoms. The van der Waals surface area contributed by atoms with Gasteiger partial charge in [-0.05, 0) is 38.5 Å². The average Bonchev–Trinajstić information content (AvgIpc) is 2.62. The summed E-state index contributed by atoms with van der Waals surface area (Å²) >= 11 is 5.94. The van der Waals surface area contributed by atoms with E-state index >= 15 is 0 Å². The van der Waals surface area contributed by atoms with Crippen LogP contribution in [0.5, 0.6) is 0 Å². The van der Waals surface area contributed by atoms with Crippen molar-refractivity contribution in [3.8, 4) is 5.69 Å². The van der Waals surface area contributed by atoms with E-state index in [9.17, 15) is 9.18 Å². The van der Waals surface area contributed by atoms with Gasteiger partial charge in [0.2, 0.25) is 0 Å². The van der Waals surface area contributed by atoms with E-state index in [2.05, 4.69) is 5.10 Å². The normalized spacial score (nSPS) is 10.7. The van der Waals surface area contributed by atoms with Gasteiger partial charge in [-0.2, -0.15) is 5.10 Å². The molecule has 1 aromatic carbocycles. The van der Waals surface area contributed by atoms with Crippen molar-refractivity contribution in [3.63, 3.8) is 0 Å². The van der Waals surface area contributed by atoms with Crippen molar-refractivity contribution < 1.29 is 9.18 Å². The molecule has 0 N–H and O–H groups in total. The zero-order chi connectivity index (χ0) is 13.4. The number of rotatable bonds is 2. The molecule has 0 aliphatic rings. The van der Waals surface area contributed by atoms with Gasteiger partial charge in [-0.3, -0.25) is 4.79 Å². The predicted octanol–water partition coefficient (Wildman–Crippen LogP) is 3.48. The van der Waals surface area contributed by atoms with Gasteiger partial charge in [-0.1, -0.05) is 11.6 Å². The van der Waals surface area contributed by atoms with E-state index in [1.165, 1.54) is 17.7 Å². The quantitative estimate of drug-likeness (QED) is 0.780. The summed E-state index contributed by atoms with van der Waals surface area (Å²) in [6.45, 7) is 4.80. The Morgan fingerprint density at radius 1 is 1.39 bits per heavy atom. The Balaban J connectivity index is 2.69. The second-order valence-corrected chi connectivity index (χ2v) is 4.59. The first-order chi connectivity index (χ1) is 8.40. The average molecular weight is 267 g/mol. The summed E-state index contributed by atoms with van der Waals surface area (Å²) in [6.07, 6.45) is 1.61. The maximum atomic E-state index is 13.5. The van der Waals surface area contributed by atoms with Crippen molar-refractivity contribution >= 4 is 17.4 Å². The van der Waals surface area contributed by atoms with Gasteiger partial charge in [0, 0.05) is 11.8 Å². The van der Waals surface area contributed by atoms with Gasteiger partial charge in [0.1, 0.15) is 5.82 Å². The van der Waals surface area contributed by atoms with Crippen molar-refractivity contribution in [1.29, 1.82) is 0 Å². The van der Waals surface area contributed by atoms with Gasteiger partial charge in [0.15, 0.2) is 5.78 Å². The fourth-order valence-electron chi connectivity index (χ4n) is 1.70. The smallest absolute Gasteiger partial charge is 0.162 e. The molecule has 1 aromatic heterocycles. The molecule has 0 radical (unpaired) electrons. The van der Waals surface area contributed by atoms with Crippen LogP contribution in [0.4, 0.5) is 4.39 Å². The molecule has 0 saturated carbocycles. The summed E-state index contributed by atoms with van der Waals surface area (Å²) in [7, 11) is 0. The van der Waals surface area contributed by atoms with E-state index in [4.69, 9.17) is 11.6 Å². The van der Waals surface area contributed by atoms with Crippen LogP contribution in [0, 0.1) is 19.7 Å². The molecular weight excluding hydrogens is 255 g/mol. The van der Waals surface area contributed by atoms with Crippen LogP contribution in [-0.2, 0) is 0 Å². The highest BCUT2D eigenvalue weighted by atomic mass is 35.5. The Bertz CT molecular complexity index is 615. The molecule has 0 spiro atoms. The molecule has 5 heteroatoms. The second-order valence-electron chi connectivity index (χ2n) is 4.18. The maximum absolute atomic E-state index is 13.5. The van der Waals surface area contributed by atoms with Crippen LogP contribution in [0.3, 0.4) is 0 Å². The lowest BCUT2D eigenvalue weighted by Gasteiger charge is -2.09. The number of hydrogen-bond acceptors (Lipinski definition) is 2. The van der Waals surface area contributed by atoms with E-state index in [1.54, 1.807) is 26.1 Å². The van der Waals surface area contributed by atoms with Crippen molar-refractivity contribution in [2.45, 2.75) is 20.8 Å². The van der Waals surface area contributed by atoms with Crippen LogP contribution in [0.2, 0.25) is 5.02 Å². The van der Waals surface area contributed by atoms with Gasteiger partial charge in [0.25, 0.3) is 0 Å². The first kappa shape index (κ1) is 12.8. The van der Waals surface area contributed by atoms with Crippen LogP contribution in [0.25, 0.3) is 5.69 Å². The van der Waals surface area contributed by atoms with Crippen LogP contribution < -0.4 is 0 Å². The maximum Gasteiger partial charge on any atom is 0.162 e. The molecule has 0 fully saturated rings. The molecule has 2 rings (SSSR count). The number of aryl methyl sites for hydroxylation is 2.